The molecule has 4 N–H and O–H groups in total. The molecule has 0 radical (unpaired) electrons. The minimum Gasteiger partial charge on any atom is -0.325 e. The van der Waals surface area contributed by atoms with Crippen LogP contribution in [-0.2, 0) is 4.84 Å². The lowest BCUT2D eigenvalue weighted by atomic mass is 10.1. The summed E-state index contributed by atoms with van der Waals surface area (Å²) in [6.45, 7) is 5.47. The van der Waals surface area contributed by atoms with Gasteiger partial charge in [-0.3, -0.25) is 0 Å². The first-order chi connectivity index (χ1) is 4.73. The first-order valence-corrected chi connectivity index (χ1v) is 3.30. The maximum Gasteiger partial charge on any atom is 0.554 e. The molecule has 11 heavy (non-hydrogen) atoms. The summed E-state index contributed by atoms with van der Waals surface area (Å²) in [6, 6.07) is 0. The summed E-state index contributed by atoms with van der Waals surface area (Å²) in [6.07, 6.45) is -0.655. The van der Waals surface area contributed by atoms with Crippen molar-refractivity contribution in [2.75, 3.05) is 7.05 Å². The van der Waals surface area contributed by atoms with Crippen molar-refractivity contribution in [3.8, 4) is 0 Å². The van der Waals surface area contributed by atoms with Gasteiger partial charge in [-0.25, -0.2) is 0 Å². The maximum absolute atomic E-state index is 11.0. The Bertz CT molecular complexity index is 160. The molecule has 0 aromatic carbocycles. The molecule has 0 aromatic rings. The van der Waals surface area contributed by atoms with Crippen LogP contribution in [0.5, 0.6) is 0 Å². The Kier molecular flexibility index (Phi) is 2.60. The fraction of sp³-hybridized carbons (Fsp3) is 0.833. The van der Waals surface area contributed by atoms with Gasteiger partial charge in [0, 0.05) is 0 Å². The SMILES string of the molecule is CC(C)(C)[N+](C)(N)C(=O)ON. The van der Waals surface area contributed by atoms with Gasteiger partial charge in [0.05, 0.1) is 7.05 Å². The lowest BCUT2D eigenvalue weighted by molar-refractivity contribution is -0.897. The predicted molar refractivity (Wildman–Crippen MR) is 40.8 cm³/mol. The molecule has 0 aliphatic rings. The molecule has 5 heteroatoms. The molecule has 5 nitrogen and oxygen atoms in total. The summed E-state index contributed by atoms with van der Waals surface area (Å²) < 4.78 is -0.385. The van der Waals surface area contributed by atoms with Crippen molar-refractivity contribution in [2.24, 2.45) is 11.7 Å². The molecule has 0 rings (SSSR count). The number of amides is 1. The minimum atomic E-state index is -0.655. The van der Waals surface area contributed by atoms with Crippen molar-refractivity contribution in [3.63, 3.8) is 0 Å². The third-order valence-corrected chi connectivity index (χ3v) is 1.87. The van der Waals surface area contributed by atoms with Crippen molar-refractivity contribution in [1.82, 2.24) is 0 Å². The van der Waals surface area contributed by atoms with Crippen LogP contribution in [-0.4, -0.2) is 23.3 Å². The van der Waals surface area contributed by atoms with Crippen LogP contribution in [0.2, 0.25) is 0 Å². The number of carbonyl (C=O) groups is 1. The zero-order valence-corrected chi connectivity index (χ0v) is 7.42. The Balaban J connectivity index is 4.59. The number of hydrogen-bond acceptors (Lipinski definition) is 4. The summed E-state index contributed by atoms with van der Waals surface area (Å²) in [7, 11) is 1.54. The van der Waals surface area contributed by atoms with Gasteiger partial charge in [0.25, 0.3) is 0 Å². The molecular formula is C6H16N3O2+. The number of rotatable bonds is 0. The van der Waals surface area contributed by atoms with Crippen LogP contribution in [0.3, 0.4) is 0 Å². The van der Waals surface area contributed by atoms with Gasteiger partial charge in [0.15, 0.2) is 0 Å². The van der Waals surface area contributed by atoms with E-state index >= 15 is 0 Å². The highest BCUT2D eigenvalue weighted by atomic mass is 16.7. The van der Waals surface area contributed by atoms with Crippen LogP contribution in [0, 0.1) is 0 Å². The summed E-state index contributed by atoms with van der Waals surface area (Å²) >= 11 is 0. The molecule has 0 aliphatic carbocycles. The molecule has 0 saturated carbocycles. The van der Waals surface area contributed by atoms with Gasteiger partial charge in [-0.05, 0) is 20.8 Å². The summed E-state index contributed by atoms with van der Waals surface area (Å²) in [5.41, 5.74) is -0.420. The van der Waals surface area contributed by atoms with E-state index in [4.69, 9.17) is 11.7 Å². The van der Waals surface area contributed by atoms with Crippen LogP contribution in [0.25, 0.3) is 0 Å². The molecule has 66 valence electrons. The molecule has 1 atom stereocenters. The normalized spacial score (nSPS) is 17.3. The quantitative estimate of drug-likeness (QED) is 0.229. The number of carbonyl (C=O) groups excluding carboxylic acids is 1. The van der Waals surface area contributed by atoms with E-state index in [0.717, 1.165) is 0 Å². The molecule has 0 bridgehead atoms. The number of hydrogen-bond donors (Lipinski definition) is 2. The zero-order valence-electron chi connectivity index (χ0n) is 7.42. The van der Waals surface area contributed by atoms with E-state index in [-0.39, 0.29) is 4.59 Å². The lowest BCUT2D eigenvalue weighted by Gasteiger charge is -2.35. The smallest absolute Gasteiger partial charge is 0.325 e. The van der Waals surface area contributed by atoms with Gasteiger partial charge < -0.3 is 4.84 Å². The third kappa shape index (κ3) is 1.89. The Hall–Kier alpha value is -0.650. The lowest BCUT2D eigenvalue weighted by Crippen LogP contribution is -2.66. The second-order valence-corrected chi connectivity index (χ2v) is 3.63. The second kappa shape index (κ2) is 2.77. The predicted octanol–water partition coefficient (Wildman–Crippen LogP) is 0.116. The van der Waals surface area contributed by atoms with E-state index in [9.17, 15) is 4.79 Å². The van der Waals surface area contributed by atoms with Crippen molar-refractivity contribution >= 4 is 6.09 Å². The van der Waals surface area contributed by atoms with Gasteiger partial charge in [0.2, 0.25) is 0 Å². The molecule has 0 fully saturated rings. The van der Waals surface area contributed by atoms with Gasteiger partial charge in [-0.1, -0.05) is 0 Å². The molecule has 0 aromatic heterocycles. The highest BCUT2D eigenvalue weighted by Gasteiger charge is 2.42. The van der Waals surface area contributed by atoms with Gasteiger partial charge >= 0.3 is 6.09 Å². The Labute approximate surface area is 66.4 Å². The Morgan fingerprint density at radius 1 is 1.45 bits per heavy atom. The van der Waals surface area contributed by atoms with E-state index in [1.54, 1.807) is 0 Å². The molecule has 1 amide bonds. The van der Waals surface area contributed by atoms with Crippen molar-refractivity contribution in [3.05, 3.63) is 0 Å². The largest absolute Gasteiger partial charge is 0.554 e. The van der Waals surface area contributed by atoms with Crippen LogP contribution in [0.1, 0.15) is 20.8 Å². The zero-order chi connectivity index (χ0) is 9.28. The molecule has 0 spiro atoms. The Morgan fingerprint density at radius 2 is 1.82 bits per heavy atom. The number of quaternary nitrogens is 1. The van der Waals surface area contributed by atoms with Crippen LogP contribution < -0.4 is 11.7 Å². The maximum atomic E-state index is 11.0. The second-order valence-electron chi connectivity index (χ2n) is 3.63. The highest BCUT2D eigenvalue weighted by Crippen LogP contribution is 2.16. The topological polar surface area (TPSA) is 78.3 Å². The monoisotopic (exact) mass is 162 g/mol. The third-order valence-electron chi connectivity index (χ3n) is 1.87. The van der Waals surface area contributed by atoms with Gasteiger partial charge in [0.1, 0.15) is 5.54 Å². The van der Waals surface area contributed by atoms with E-state index < -0.39 is 11.6 Å². The number of nitrogens with zero attached hydrogens (tertiary/aromatic N) is 1. The summed E-state index contributed by atoms with van der Waals surface area (Å²) in [4.78, 5) is 15.0. The first-order valence-electron chi connectivity index (χ1n) is 3.30. The molecule has 0 aliphatic heterocycles. The van der Waals surface area contributed by atoms with Gasteiger partial charge in [-0.2, -0.15) is 16.5 Å². The average molecular weight is 162 g/mol. The fourth-order valence-corrected chi connectivity index (χ4v) is 0.383. The van der Waals surface area contributed by atoms with Crippen molar-refractivity contribution in [1.29, 1.82) is 0 Å². The fourth-order valence-electron chi connectivity index (χ4n) is 0.383. The molecule has 0 saturated heterocycles. The van der Waals surface area contributed by atoms with Crippen molar-refractivity contribution < 1.29 is 14.2 Å². The standard InChI is InChI=1S/C6H16N3O2/c1-6(2,3)9(4,7)5(10)11-8/h7-8H2,1-4H3/q+1. The summed E-state index contributed by atoms with van der Waals surface area (Å²) in [5, 5.41) is 0. The van der Waals surface area contributed by atoms with E-state index in [1.165, 1.54) is 7.05 Å². The van der Waals surface area contributed by atoms with Crippen LogP contribution in [0.4, 0.5) is 4.79 Å². The average Bonchev–Trinajstić information content (AvgIpc) is 1.83. The minimum absolute atomic E-state index is 0.385. The van der Waals surface area contributed by atoms with E-state index in [0.29, 0.717) is 0 Å². The first kappa shape index (κ1) is 10.3. The molecular weight excluding hydrogens is 146 g/mol. The van der Waals surface area contributed by atoms with E-state index in [1.807, 2.05) is 20.8 Å². The molecule has 1 unspecified atom stereocenters. The van der Waals surface area contributed by atoms with Crippen LogP contribution in [0.15, 0.2) is 0 Å². The van der Waals surface area contributed by atoms with E-state index in [2.05, 4.69) is 4.84 Å². The highest BCUT2D eigenvalue weighted by molar-refractivity contribution is 5.58. The van der Waals surface area contributed by atoms with Crippen LogP contribution >= 0.6 is 0 Å². The molecule has 0 heterocycles. The Morgan fingerprint density at radius 3 is 1.91 bits per heavy atom. The summed E-state index contributed by atoms with van der Waals surface area (Å²) in [5.74, 6) is 10.3. The number of nitrogens with two attached hydrogens (primary N) is 2. The van der Waals surface area contributed by atoms with Gasteiger partial charge in [-0.15, -0.1) is 4.59 Å². The van der Waals surface area contributed by atoms with Crippen molar-refractivity contribution in [2.45, 2.75) is 26.3 Å².